The molecule has 2 heterocycles. The predicted molar refractivity (Wildman–Crippen MR) is 131 cm³/mol. The highest BCUT2D eigenvalue weighted by atomic mass is 16.5. The van der Waals surface area contributed by atoms with Gasteiger partial charge in [0.2, 0.25) is 5.75 Å². The van der Waals surface area contributed by atoms with Crippen molar-refractivity contribution in [1.82, 2.24) is 15.1 Å². The molecular weight excluding hydrogens is 434 g/mol. The van der Waals surface area contributed by atoms with Crippen molar-refractivity contribution in [3.8, 4) is 28.5 Å². The normalized spacial score (nSPS) is 13.9. The Morgan fingerprint density at radius 1 is 0.853 bits per heavy atom. The molecule has 0 unspecified atom stereocenters. The van der Waals surface area contributed by atoms with E-state index in [1.165, 1.54) is 21.3 Å². The summed E-state index contributed by atoms with van der Waals surface area (Å²) in [5.41, 5.74) is 2.75. The fourth-order valence-corrected chi connectivity index (χ4v) is 3.82. The van der Waals surface area contributed by atoms with E-state index in [0.29, 0.717) is 28.5 Å². The molecule has 1 fully saturated rings. The van der Waals surface area contributed by atoms with Gasteiger partial charge in [-0.15, -0.1) is 10.2 Å². The summed E-state index contributed by atoms with van der Waals surface area (Å²) in [4.78, 5) is 17.4. The van der Waals surface area contributed by atoms with Crippen LogP contribution in [-0.4, -0.2) is 75.6 Å². The van der Waals surface area contributed by atoms with Gasteiger partial charge in [-0.25, -0.2) is 0 Å². The number of carbonyl (C=O) groups is 1. The predicted octanol–water partition coefficient (Wildman–Crippen LogP) is 3.17. The van der Waals surface area contributed by atoms with Crippen molar-refractivity contribution >= 4 is 17.4 Å². The fraction of sp³-hybridized carbons (Fsp3) is 0.320. The largest absolute Gasteiger partial charge is 0.493 e. The molecule has 0 radical (unpaired) electrons. The number of likely N-dealkylation sites (N-methyl/N-ethyl adjacent to an activating group) is 1. The highest BCUT2D eigenvalue weighted by Crippen LogP contribution is 2.38. The van der Waals surface area contributed by atoms with Crippen LogP contribution >= 0.6 is 0 Å². The Morgan fingerprint density at radius 2 is 1.50 bits per heavy atom. The molecular formula is C25H29N5O4. The third-order valence-electron chi connectivity index (χ3n) is 5.84. The standard InChI is InChI=1S/C25H29N5O4/c1-29-11-13-30(14-12-29)23-10-9-20(27-28-23)17-5-7-19(8-6-17)26-25(31)18-15-21(32-2)24(34-4)22(16-18)33-3/h5-10,15-16H,11-14H2,1-4H3,(H,26,31). The van der Waals surface area contributed by atoms with Crippen LogP contribution < -0.4 is 24.4 Å². The molecule has 0 aliphatic carbocycles. The van der Waals surface area contributed by atoms with E-state index in [0.717, 1.165) is 43.3 Å². The number of nitrogens with one attached hydrogen (secondary N) is 1. The van der Waals surface area contributed by atoms with Gasteiger partial charge in [0.25, 0.3) is 5.91 Å². The van der Waals surface area contributed by atoms with Crippen LogP contribution in [-0.2, 0) is 0 Å². The third kappa shape index (κ3) is 5.04. The minimum absolute atomic E-state index is 0.289. The summed E-state index contributed by atoms with van der Waals surface area (Å²) < 4.78 is 16.0. The Hall–Kier alpha value is -3.85. The maximum absolute atomic E-state index is 12.8. The van der Waals surface area contributed by atoms with Crippen LogP contribution in [0.1, 0.15) is 10.4 Å². The summed E-state index contributed by atoms with van der Waals surface area (Å²) in [5, 5.41) is 11.7. The molecule has 0 spiro atoms. The van der Waals surface area contributed by atoms with Crippen molar-refractivity contribution < 1.29 is 19.0 Å². The molecule has 34 heavy (non-hydrogen) atoms. The second-order valence-corrected chi connectivity index (χ2v) is 8.01. The smallest absolute Gasteiger partial charge is 0.255 e. The average Bonchev–Trinajstić information content (AvgIpc) is 2.88. The van der Waals surface area contributed by atoms with Crippen molar-refractivity contribution in [3.05, 3.63) is 54.1 Å². The van der Waals surface area contributed by atoms with Crippen LogP contribution in [0.25, 0.3) is 11.3 Å². The number of rotatable bonds is 7. The van der Waals surface area contributed by atoms with Crippen LogP contribution in [0.4, 0.5) is 11.5 Å². The number of amides is 1. The van der Waals surface area contributed by atoms with E-state index in [9.17, 15) is 4.79 Å². The zero-order valence-electron chi connectivity index (χ0n) is 19.9. The lowest BCUT2D eigenvalue weighted by atomic mass is 10.1. The number of piperazine rings is 1. The second-order valence-electron chi connectivity index (χ2n) is 8.01. The molecule has 178 valence electrons. The van der Waals surface area contributed by atoms with Gasteiger partial charge in [-0.05, 0) is 43.4 Å². The van der Waals surface area contributed by atoms with Crippen LogP contribution in [0.2, 0.25) is 0 Å². The Bertz CT molecular complexity index is 1100. The highest BCUT2D eigenvalue weighted by molar-refractivity contribution is 6.05. The van der Waals surface area contributed by atoms with Crippen LogP contribution in [0, 0.1) is 0 Å². The average molecular weight is 464 g/mol. The number of benzene rings is 2. The Labute approximate surface area is 199 Å². The van der Waals surface area contributed by atoms with Crippen molar-refractivity contribution in [2.24, 2.45) is 0 Å². The number of ether oxygens (including phenoxy) is 3. The van der Waals surface area contributed by atoms with E-state index in [2.05, 4.69) is 32.4 Å². The van der Waals surface area contributed by atoms with Gasteiger partial charge in [0.1, 0.15) is 0 Å². The van der Waals surface area contributed by atoms with Gasteiger partial charge in [0, 0.05) is 43.0 Å². The molecule has 1 amide bonds. The van der Waals surface area contributed by atoms with Gasteiger partial charge >= 0.3 is 0 Å². The van der Waals surface area contributed by atoms with Gasteiger partial charge in [-0.3, -0.25) is 4.79 Å². The molecule has 1 aliphatic heterocycles. The summed E-state index contributed by atoms with van der Waals surface area (Å²) in [6, 6.07) is 14.7. The third-order valence-corrected chi connectivity index (χ3v) is 5.84. The first-order valence-corrected chi connectivity index (χ1v) is 11.0. The minimum atomic E-state index is -0.289. The molecule has 2 aromatic carbocycles. The molecule has 1 N–H and O–H groups in total. The highest BCUT2D eigenvalue weighted by Gasteiger charge is 2.18. The van der Waals surface area contributed by atoms with Crippen LogP contribution in [0.15, 0.2) is 48.5 Å². The van der Waals surface area contributed by atoms with Gasteiger partial charge in [0.15, 0.2) is 17.3 Å². The molecule has 1 saturated heterocycles. The Morgan fingerprint density at radius 3 is 2.03 bits per heavy atom. The van der Waals surface area contributed by atoms with Crippen molar-refractivity contribution in [3.63, 3.8) is 0 Å². The summed E-state index contributed by atoms with van der Waals surface area (Å²) in [5.74, 6) is 1.88. The molecule has 9 heteroatoms. The van der Waals surface area contributed by atoms with Gasteiger partial charge in [0.05, 0.1) is 27.0 Å². The molecule has 0 bridgehead atoms. The molecule has 4 rings (SSSR count). The van der Waals surface area contributed by atoms with Crippen molar-refractivity contribution in [2.75, 3.05) is 64.8 Å². The molecule has 0 saturated carbocycles. The second kappa shape index (κ2) is 10.4. The Balaban J connectivity index is 1.44. The number of methoxy groups -OCH3 is 3. The maximum atomic E-state index is 12.8. The summed E-state index contributed by atoms with van der Waals surface area (Å²) in [7, 11) is 6.67. The maximum Gasteiger partial charge on any atom is 0.255 e. The molecule has 1 aromatic heterocycles. The van der Waals surface area contributed by atoms with Gasteiger partial charge in [-0.1, -0.05) is 12.1 Å². The topological polar surface area (TPSA) is 89.1 Å². The lowest BCUT2D eigenvalue weighted by molar-refractivity contribution is 0.102. The zero-order valence-corrected chi connectivity index (χ0v) is 19.9. The fourth-order valence-electron chi connectivity index (χ4n) is 3.82. The van der Waals surface area contributed by atoms with Crippen LogP contribution in [0.3, 0.4) is 0 Å². The number of carbonyl (C=O) groups excluding carboxylic acids is 1. The number of hydrogen-bond donors (Lipinski definition) is 1. The SMILES string of the molecule is COc1cc(C(=O)Nc2ccc(-c3ccc(N4CCN(C)CC4)nn3)cc2)cc(OC)c1OC. The number of aromatic nitrogens is 2. The van der Waals surface area contributed by atoms with E-state index in [-0.39, 0.29) is 5.91 Å². The molecule has 3 aromatic rings. The van der Waals surface area contributed by atoms with E-state index in [1.807, 2.05) is 36.4 Å². The van der Waals surface area contributed by atoms with Crippen molar-refractivity contribution in [1.29, 1.82) is 0 Å². The zero-order chi connectivity index (χ0) is 24.1. The van der Waals surface area contributed by atoms with E-state index >= 15 is 0 Å². The van der Waals surface area contributed by atoms with E-state index in [4.69, 9.17) is 14.2 Å². The monoisotopic (exact) mass is 463 g/mol. The lowest BCUT2D eigenvalue weighted by Gasteiger charge is -2.32. The van der Waals surface area contributed by atoms with E-state index in [1.54, 1.807) is 12.1 Å². The number of hydrogen-bond acceptors (Lipinski definition) is 8. The Kier molecular flexibility index (Phi) is 7.12. The first-order chi connectivity index (χ1) is 16.5. The molecule has 1 aliphatic rings. The summed E-state index contributed by atoms with van der Waals surface area (Å²) in [6.07, 6.45) is 0. The van der Waals surface area contributed by atoms with E-state index < -0.39 is 0 Å². The quantitative estimate of drug-likeness (QED) is 0.572. The van der Waals surface area contributed by atoms with Crippen molar-refractivity contribution in [2.45, 2.75) is 0 Å². The number of anilines is 2. The number of nitrogens with zero attached hydrogens (tertiary/aromatic N) is 4. The molecule has 9 nitrogen and oxygen atoms in total. The summed E-state index contributed by atoms with van der Waals surface area (Å²) >= 11 is 0. The van der Waals surface area contributed by atoms with Gasteiger partial charge < -0.3 is 29.3 Å². The first-order valence-electron chi connectivity index (χ1n) is 11.0. The van der Waals surface area contributed by atoms with Gasteiger partial charge in [-0.2, -0.15) is 0 Å². The first kappa shape index (κ1) is 23.3. The molecule has 0 atom stereocenters. The lowest BCUT2D eigenvalue weighted by Crippen LogP contribution is -2.44. The summed E-state index contributed by atoms with van der Waals surface area (Å²) in [6.45, 7) is 3.94. The minimum Gasteiger partial charge on any atom is -0.493 e. The van der Waals surface area contributed by atoms with Crippen LogP contribution in [0.5, 0.6) is 17.2 Å².